The van der Waals surface area contributed by atoms with Crippen LogP contribution in [0, 0.1) is 5.92 Å². The van der Waals surface area contributed by atoms with Gasteiger partial charge in [0.15, 0.2) is 0 Å². The zero-order chi connectivity index (χ0) is 13.3. The summed E-state index contributed by atoms with van der Waals surface area (Å²) in [5.74, 6) is -1.02. The second-order valence-corrected chi connectivity index (χ2v) is 4.04. The summed E-state index contributed by atoms with van der Waals surface area (Å²) in [5, 5.41) is 1.78. The molecule has 0 saturated heterocycles. The van der Waals surface area contributed by atoms with Crippen molar-refractivity contribution in [3.05, 3.63) is 0 Å². The van der Waals surface area contributed by atoms with Crippen LogP contribution in [-0.2, 0) is 9.59 Å². The molecule has 0 aliphatic heterocycles. The Balaban J connectivity index is 0. The van der Waals surface area contributed by atoms with Crippen molar-refractivity contribution >= 4 is 11.8 Å². The lowest BCUT2D eigenvalue weighted by Crippen LogP contribution is -2.38. The predicted molar refractivity (Wildman–Crippen MR) is 58.2 cm³/mol. The van der Waals surface area contributed by atoms with Gasteiger partial charge in [0.2, 0.25) is 5.91 Å². The third kappa shape index (κ3) is 12.8. The van der Waals surface area contributed by atoms with Gasteiger partial charge in [0.1, 0.15) is 0 Å². The van der Waals surface area contributed by atoms with Crippen LogP contribution in [0.3, 0.4) is 0 Å². The maximum Gasteiger partial charge on any atom is 0.315 e. The van der Waals surface area contributed by atoms with Crippen LogP contribution >= 0.6 is 0 Å². The van der Waals surface area contributed by atoms with Crippen LogP contribution in [0.2, 0.25) is 0 Å². The second kappa shape index (κ2) is 9.06. The van der Waals surface area contributed by atoms with Crippen molar-refractivity contribution in [1.82, 2.24) is 10.2 Å². The van der Waals surface area contributed by atoms with Gasteiger partial charge in [-0.05, 0) is 5.92 Å². The molecule has 0 bridgehead atoms. The average Bonchev–Trinajstić information content (AvgIpc) is 2.12. The molecule has 96 valence electrons. The molecule has 1 N–H and O–H groups in total. The van der Waals surface area contributed by atoms with Crippen molar-refractivity contribution in [3.63, 3.8) is 0 Å². The summed E-state index contributed by atoms with van der Waals surface area (Å²) < 4.78 is 23.1. The van der Waals surface area contributed by atoms with Crippen LogP contribution in [0.15, 0.2) is 0 Å². The highest BCUT2D eigenvalue weighted by Gasteiger charge is 2.15. The van der Waals surface area contributed by atoms with Gasteiger partial charge in [-0.1, -0.05) is 20.8 Å². The van der Waals surface area contributed by atoms with Gasteiger partial charge in [0, 0.05) is 14.1 Å². The molecular weight excluding hydrogens is 218 g/mol. The first-order valence-electron chi connectivity index (χ1n) is 4.94. The van der Waals surface area contributed by atoms with E-state index in [-0.39, 0.29) is 0 Å². The van der Waals surface area contributed by atoms with Crippen LogP contribution in [-0.4, -0.2) is 43.8 Å². The van der Waals surface area contributed by atoms with Crippen molar-refractivity contribution in [2.24, 2.45) is 5.92 Å². The Morgan fingerprint density at radius 3 is 1.81 bits per heavy atom. The molecule has 0 spiro atoms. The van der Waals surface area contributed by atoms with E-state index >= 15 is 0 Å². The Kier molecular flexibility index (Phi) is 9.74. The monoisotopic (exact) mass is 238 g/mol. The lowest BCUT2D eigenvalue weighted by atomic mass is 10.3. The third-order valence-electron chi connectivity index (χ3n) is 1.11. The molecule has 0 aromatic heterocycles. The van der Waals surface area contributed by atoms with Crippen LogP contribution < -0.4 is 5.32 Å². The Morgan fingerprint density at radius 2 is 1.56 bits per heavy atom. The fourth-order valence-corrected chi connectivity index (χ4v) is 0.398. The van der Waals surface area contributed by atoms with Gasteiger partial charge in [-0.2, -0.15) is 8.78 Å². The minimum Gasteiger partial charge on any atom is -0.347 e. The maximum atomic E-state index is 11.5. The van der Waals surface area contributed by atoms with Crippen LogP contribution in [0.5, 0.6) is 0 Å². The molecule has 0 saturated carbocycles. The Hall–Kier alpha value is -1.20. The molecular formula is C10H20F2N2O2. The molecule has 16 heavy (non-hydrogen) atoms. The number of likely N-dealkylation sites (N-methyl/N-ethyl adjacent to an activating group) is 1. The summed E-state index contributed by atoms with van der Waals surface area (Å²) in [5.41, 5.74) is 0. The fourth-order valence-electron chi connectivity index (χ4n) is 0.398. The third-order valence-corrected chi connectivity index (χ3v) is 1.11. The summed E-state index contributed by atoms with van der Waals surface area (Å²) in [7, 11) is 2.94. The molecule has 0 unspecified atom stereocenters. The molecule has 6 heteroatoms. The molecule has 0 fully saturated rings. The summed E-state index contributed by atoms with van der Waals surface area (Å²) in [6.45, 7) is 6.11. The van der Waals surface area contributed by atoms with E-state index in [0.29, 0.717) is 0 Å². The van der Waals surface area contributed by atoms with Gasteiger partial charge < -0.3 is 10.2 Å². The number of hydrogen-bond acceptors (Lipinski definition) is 2. The van der Waals surface area contributed by atoms with Crippen LogP contribution in [0.1, 0.15) is 20.8 Å². The van der Waals surface area contributed by atoms with Gasteiger partial charge >= 0.3 is 6.43 Å². The van der Waals surface area contributed by atoms with E-state index in [0.717, 1.165) is 5.92 Å². The number of carbonyl (C=O) groups is 2. The van der Waals surface area contributed by atoms with Crippen LogP contribution in [0.25, 0.3) is 0 Å². The van der Waals surface area contributed by atoms with E-state index in [1.807, 2.05) is 0 Å². The van der Waals surface area contributed by atoms with E-state index in [1.54, 1.807) is 5.32 Å². The molecule has 0 radical (unpaired) electrons. The highest BCUT2D eigenvalue weighted by Crippen LogP contribution is 1.90. The van der Waals surface area contributed by atoms with Crippen molar-refractivity contribution in [2.75, 3.05) is 20.6 Å². The first kappa shape index (κ1) is 17.2. The second-order valence-electron chi connectivity index (χ2n) is 4.04. The van der Waals surface area contributed by atoms with Gasteiger partial charge in [-0.15, -0.1) is 0 Å². The topological polar surface area (TPSA) is 49.4 Å². The van der Waals surface area contributed by atoms with E-state index in [1.165, 1.54) is 19.0 Å². The summed E-state index contributed by atoms with van der Waals surface area (Å²) in [6, 6.07) is 0. The lowest BCUT2D eigenvalue weighted by Gasteiger charge is -2.10. The number of alkyl halides is 2. The Morgan fingerprint density at radius 1 is 1.19 bits per heavy atom. The van der Waals surface area contributed by atoms with E-state index in [2.05, 4.69) is 20.8 Å². The van der Waals surface area contributed by atoms with Crippen molar-refractivity contribution < 1.29 is 18.4 Å². The zero-order valence-corrected chi connectivity index (χ0v) is 10.4. The van der Waals surface area contributed by atoms with E-state index in [9.17, 15) is 18.4 Å². The number of amides is 2. The first-order valence-corrected chi connectivity index (χ1v) is 4.94. The summed E-state index contributed by atoms with van der Waals surface area (Å²) >= 11 is 0. The summed E-state index contributed by atoms with van der Waals surface area (Å²) in [4.78, 5) is 22.2. The van der Waals surface area contributed by atoms with Gasteiger partial charge in [0.25, 0.3) is 5.91 Å². The highest BCUT2D eigenvalue weighted by atomic mass is 19.3. The fraction of sp³-hybridized carbons (Fsp3) is 0.800. The van der Waals surface area contributed by atoms with E-state index < -0.39 is 24.8 Å². The maximum absolute atomic E-state index is 11.5. The molecule has 2 amide bonds. The van der Waals surface area contributed by atoms with Crippen molar-refractivity contribution in [3.8, 4) is 0 Å². The molecule has 0 atom stereocenters. The quantitative estimate of drug-likeness (QED) is 0.801. The number of hydrogen-bond donors (Lipinski definition) is 1. The van der Waals surface area contributed by atoms with Crippen molar-refractivity contribution in [1.29, 1.82) is 0 Å². The number of halogens is 2. The number of carbonyl (C=O) groups excluding carboxylic acids is 2. The molecule has 0 aliphatic rings. The predicted octanol–water partition coefficient (Wildman–Crippen LogP) is 1.12. The largest absolute Gasteiger partial charge is 0.347 e. The van der Waals surface area contributed by atoms with Gasteiger partial charge in [-0.25, -0.2) is 0 Å². The Bertz CT molecular complexity index is 196. The lowest BCUT2D eigenvalue weighted by molar-refractivity contribution is -0.135. The van der Waals surface area contributed by atoms with Crippen LogP contribution in [0.4, 0.5) is 8.78 Å². The molecule has 0 heterocycles. The standard InChI is InChI=1S/C6H10F2N2O2.C4H10/c1-10(2)4(11)3-9-6(12)5(7)8;1-4(2)3/h5H,3H2,1-2H3,(H,9,12);4H,1-3H3. The number of rotatable bonds is 3. The smallest absolute Gasteiger partial charge is 0.315 e. The minimum absolute atomic E-state index is 0.393. The summed E-state index contributed by atoms with van der Waals surface area (Å²) in [6.07, 6.45) is -3.07. The van der Waals surface area contributed by atoms with E-state index in [4.69, 9.17) is 0 Å². The molecule has 0 aromatic rings. The number of nitrogens with zero attached hydrogens (tertiary/aromatic N) is 1. The average molecular weight is 238 g/mol. The Labute approximate surface area is 95.0 Å². The minimum atomic E-state index is -3.07. The molecule has 4 nitrogen and oxygen atoms in total. The zero-order valence-electron chi connectivity index (χ0n) is 10.4. The van der Waals surface area contributed by atoms with Crippen molar-refractivity contribution in [2.45, 2.75) is 27.2 Å². The molecule has 0 aliphatic carbocycles. The molecule has 0 rings (SSSR count). The van der Waals surface area contributed by atoms with Gasteiger partial charge in [0.05, 0.1) is 6.54 Å². The number of nitrogens with one attached hydrogen (secondary N) is 1. The highest BCUT2D eigenvalue weighted by molar-refractivity contribution is 5.85. The SMILES string of the molecule is CC(C)C.CN(C)C(=O)CNC(=O)C(F)F. The first-order chi connectivity index (χ1) is 7.18. The van der Waals surface area contributed by atoms with Gasteiger partial charge in [-0.3, -0.25) is 9.59 Å². The normalized spacial score (nSPS) is 9.56. The molecule has 0 aromatic carbocycles.